The Labute approximate surface area is 145 Å². The number of rotatable bonds is 5. The van der Waals surface area contributed by atoms with Crippen molar-refractivity contribution < 1.29 is 14.3 Å². The van der Waals surface area contributed by atoms with E-state index in [0.29, 0.717) is 19.3 Å². The third-order valence-corrected chi connectivity index (χ3v) is 5.33. The van der Waals surface area contributed by atoms with Gasteiger partial charge < -0.3 is 9.47 Å². The van der Waals surface area contributed by atoms with Crippen molar-refractivity contribution >= 4 is 5.78 Å². The van der Waals surface area contributed by atoms with Crippen LogP contribution >= 0.6 is 0 Å². The number of hydrogen-bond donors (Lipinski definition) is 0. The Balaban J connectivity index is 1.64. The minimum Gasteiger partial charge on any atom is -0.490 e. The van der Waals surface area contributed by atoms with Crippen LogP contribution in [-0.2, 0) is 4.74 Å². The van der Waals surface area contributed by atoms with E-state index in [9.17, 15) is 4.79 Å². The van der Waals surface area contributed by atoms with E-state index in [1.807, 2.05) is 38.1 Å². The molecule has 0 spiro atoms. The Bertz CT molecular complexity index is 541. The van der Waals surface area contributed by atoms with Crippen molar-refractivity contribution in [3.8, 4) is 5.75 Å². The topological polar surface area (TPSA) is 38.8 Å². The normalized spacial score (nSPS) is 20.8. The lowest BCUT2D eigenvalue weighted by Crippen LogP contribution is -2.54. The Hall–Kier alpha value is -1.39. The third kappa shape index (κ3) is 3.98. The molecule has 4 nitrogen and oxygen atoms in total. The molecule has 1 saturated heterocycles. The van der Waals surface area contributed by atoms with E-state index in [1.54, 1.807) is 0 Å². The molecular weight excluding hydrogens is 302 g/mol. The van der Waals surface area contributed by atoms with Crippen LogP contribution in [0, 0.1) is 0 Å². The van der Waals surface area contributed by atoms with E-state index >= 15 is 0 Å². The van der Waals surface area contributed by atoms with Gasteiger partial charge in [0, 0.05) is 18.7 Å². The molecule has 4 heteroatoms. The fourth-order valence-corrected chi connectivity index (χ4v) is 3.68. The van der Waals surface area contributed by atoms with Crippen LogP contribution in [-0.4, -0.2) is 48.6 Å². The lowest BCUT2D eigenvalue weighted by atomic mass is 9.91. The van der Waals surface area contributed by atoms with E-state index in [4.69, 9.17) is 9.47 Å². The predicted molar refractivity (Wildman–Crippen MR) is 94.7 cm³/mol. The number of ether oxygens (including phenoxy) is 2. The predicted octanol–water partition coefficient (Wildman–Crippen LogP) is 3.69. The van der Waals surface area contributed by atoms with E-state index in [-0.39, 0.29) is 5.78 Å². The first kappa shape index (κ1) is 17.4. The Morgan fingerprint density at radius 2 is 1.71 bits per heavy atom. The van der Waals surface area contributed by atoms with E-state index in [1.165, 1.54) is 19.3 Å². The summed E-state index contributed by atoms with van der Waals surface area (Å²) in [5.74, 6) is 1.04. The monoisotopic (exact) mass is 331 g/mol. The number of carbonyl (C=O) groups is 1. The van der Waals surface area contributed by atoms with Gasteiger partial charge in [-0.15, -0.1) is 0 Å². The first-order valence-electron chi connectivity index (χ1n) is 9.22. The molecule has 1 aromatic carbocycles. The van der Waals surface area contributed by atoms with Gasteiger partial charge in [0.2, 0.25) is 0 Å². The van der Waals surface area contributed by atoms with Crippen LogP contribution in [0.3, 0.4) is 0 Å². The van der Waals surface area contributed by atoms with Crippen molar-refractivity contribution in [1.29, 1.82) is 0 Å². The van der Waals surface area contributed by atoms with Crippen molar-refractivity contribution in [2.75, 3.05) is 26.3 Å². The molecule has 0 radical (unpaired) electrons. The molecule has 0 amide bonds. The quantitative estimate of drug-likeness (QED) is 0.771. The van der Waals surface area contributed by atoms with Crippen LogP contribution in [0.4, 0.5) is 0 Å². The smallest absolute Gasteiger partial charge is 0.182 e. The van der Waals surface area contributed by atoms with Crippen LogP contribution in [0.2, 0.25) is 0 Å². The summed E-state index contributed by atoms with van der Waals surface area (Å²) in [6, 6.07) is 7.69. The van der Waals surface area contributed by atoms with Gasteiger partial charge in [-0.05, 0) is 63.8 Å². The van der Waals surface area contributed by atoms with Gasteiger partial charge in [-0.25, -0.2) is 0 Å². The molecule has 132 valence electrons. The Morgan fingerprint density at radius 3 is 2.33 bits per heavy atom. The number of carbonyl (C=O) groups excluding carboxylic acids is 1. The molecule has 0 aromatic heterocycles. The van der Waals surface area contributed by atoms with Gasteiger partial charge in [0.05, 0.1) is 24.9 Å². The molecule has 3 rings (SSSR count). The standard InChI is InChI=1S/C20H29NO3/c1-20(2,21-12-14-23-15-13-21)19(22)16-8-10-18(11-9-16)24-17-6-4-3-5-7-17/h8-11,17H,3-7,12-15H2,1-2H3. The maximum absolute atomic E-state index is 12.9. The second-order valence-corrected chi connectivity index (χ2v) is 7.39. The summed E-state index contributed by atoms with van der Waals surface area (Å²) < 4.78 is 11.5. The number of ketones is 1. The number of Topliss-reactive ketones (excluding diaryl/α,β-unsaturated/α-hetero) is 1. The zero-order chi connectivity index (χ0) is 17.0. The first-order chi connectivity index (χ1) is 11.6. The highest BCUT2D eigenvalue weighted by atomic mass is 16.5. The Morgan fingerprint density at radius 1 is 1.08 bits per heavy atom. The number of morpholine rings is 1. The highest BCUT2D eigenvalue weighted by molar-refractivity contribution is 6.02. The van der Waals surface area contributed by atoms with Gasteiger partial charge in [0.15, 0.2) is 5.78 Å². The van der Waals surface area contributed by atoms with Crippen molar-refractivity contribution in [1.82, 2.24) is 4.90 Å². The minimum absolute atomic E-state index is 0.161. The van der Waals surface area contributed by atoms with Crippen LogP contribution < -0.4 is 4.74 Å². The van der Waals surface area contributed by atoms with E-state index < -0.39 is 5.54 Å². The van der Waals surface area contributed by atoms with Crippen molar-refractivity contribution in [3.63, 3.8) is 0 Å². The highest BCUT2D eigenvalue weighted by Crippen LogP contribution is 2.26. The SMILES string of the molecule is CC(C)(C(=O)c1ccc(OC2CCCCC2)cc1)N1CCOCC1. The molecule has 0 atom stereocenters. The van der Waals surface area contributed by atoms with Crippen LogP contribution in [0.5, 0.6) is 5.75 Å². The summed E-state index contributed by atoms with van der Waals surface area (Å²) in [5.41, 5.74) is 0.248. The summed E-state index contributed by atoms with van der Waals surface area (Å²) >= 11 is 0. The molecule has 1 saturated carbocycles. The second-order valence-electron chi connectivity index (χ2n) is 7.39. The summed E-state index contributed by atoms with van der Waals surface area (Å²) in [6.07, 6.45) is 6.47. The number of hydrogen-bond acceptors (Lipinski definition) is 4. The van der Waals surface area contributed by atoms with Gasteiger partial charge in [-0.1, -0.05) is 6.42 Å². The number of benzene rings is 1. The largest absolute Gasteiger partial charge is 0.490 e. The molecular formula is C20H29NO3. The average Bonchev–Trinajstić information content (AvgIpc) is 2.63. The second kappa shape index (κ2) is 7.66. The van der Waals surface area contributed by atoms with E-state index in [2.05, 4.69) is 4.90 Å². The molecule has 0 bridgehead atoms. The summed E-state index contributed by atoms with van der Waals surface area (Å²) in [4.78, 5) is 15.2. The highest BCUT2D eigenvalue weighted by Gasteiger charge is 2.35. The zero-order valence-electron chi connectivity index (χ0n) is 14.9. The molecule has 2 aliphatic rings. The van der Waals surface area contributed by atoms with E-state index in [0.717, 1.165) is 37.2 Å². The van der Waals surface area contributed by atoms with Crippen LogP contribution in [0.25, 0.3) is 0 Å². The van der Waals surface area contributed by atoms with Gasteiger partial charge >= 0.3 is 0 Å². The molecule has 0 N–H and O–H groups in total. The van der Waals surface area contributed by atoms with Gasteiger partial charge in [0.1, 0.15) is 5.75 Å². The van der Waals surface area contributed by atoms with Gasteiger partial charge in [-0.3, -0.25) is 9.69 Å². The molecule has 1 aliphatic heterocycles. The molecule has 1 aliphatic carbocycles. The molecule has 24 heavy (non-hydrogen) atoms. The Kier molecular flexibility index (Phi) is 5.57. The van der Waals surface area contributed by atoms with Crippen LogP contribution in [0.1, 0.15) is 56.3 Å². The lowest BCUT2D eigenvalue weighted by Gasteiger charge is -2.39. The minimum atomic E-state index is -0.504. The fourth-order valence-electron chi connectivity index (χ4n) is 3.68. The molecule has 1 aromatic rings. The average molecular weight is 331 g/mol. The summed E-state index contributed by atoms with van der Waals surface area (Å²) in [7, 11) is 0. The van der Waals surface area contributed by atoms with Crippen molar-refractivity contribution in [3.05, 3.63) is 29.8 Å². The van der Waals surface area contributed by atoms with Crippen LogP contribution in [0.15, 0.2) is 24.3 Å². The van der Waals surface area contributed by atoms with Crippen molar-refractivity contribution in [2.24, 2.45) is 0 Å². The summed E-state index contributed by atoms with van der Waals surface area (Å²) in [5, 5.41) is 0. The van der Waals surface area contributed by atoms with Gasteiger partial charge in [0.25, 0.3) is 0 Å². The maximum atomic E-state index is 12.9. The maximum Gasteiger partial charge on any atom is 0.182 e. The van der Waals surface area contributed by atoms with Gasteiger partial charge in [-0.2, -0.15) is 0 Å². The molecule has 1 heterocycles. The number of nitrogens with zero attached hydrogens (tertiary/aromatic N) is 1. The molecule has 0 unspecified atom stereocenters. The summed E-state index contributed by atoms with van der Waals surface area (Å²) in [6.45, 7) is 7.03. The zero-order valence-corrected chi connectivity index (χ0v) is 14.9. The third-order valence-electron chi connectivity index (χ3n) is 5.33. The lowest BCUT2D eigenvalue weighted by molar-refractivity contribution is -0.00430. The first-order valence-corrected chi connectivity index (χ1v) is 9.22. The fraction of sp³-hybridized carbons (Fsp3) is 0.650. The van der Waals surface area contributed by atoms with Crippen molar-refractivity contribution in [2.45, 2.75) is 57.6 Å². The molecule has 2 fully saturated rings.